The molecule has 23 heavy (non-hydrogen) atoms. The molecule has 0 amide bonds. The normalized spacial score (nSPS) is 9.78. The third kappa shape index (κ3) is 3.90. The Labute approximate surface area is 131 Å². The van der Waals surface area contributed by atoms with Crippen molar-refractivity contribution in [1.82, 2.24) is 0 Å². The number of nitro benzene ring substituents is 2. The van der Waals surface area contributed by atoms with E-state index >= 15 is 0 Å². The summed E-state index contributed by atoms with van der Waals surface area (Å²) in [5.41, 5.74) is -1.62. The molecular weight excluding hydrogens is 306 g/mol. The van der Waals surface area contributed by atoms with Crippen molar-refractivity contribution >= 4 is 23.0 Å². The zero-order valence-corrected chi connectivity index (χ0v) is 12.4. The molecule has 0 heterocycles. The van der Waals surface area contributed by atoms with Crippen LogP contribution in [0.15, 0.2) is 37.4 Å². The number of benzene rings is 1. The second kappa shape index (κ2) is 7.69. The highest BCUT2D eigenvalue weighted by molar-refractivity contribution is 5.94. The average Bonchev–Trinajstić information content (AvgIpc) is 2.52. The quantitative estimate of drug-likeness (QED) is 0.312. The van der Waals surface area contributed by atoms with Gasteiger partial charge in [-0.3, -0.25) is 20.2 Å². The Hall–Kier alpha value is -3.23. The van der Waals surface area contributed by atoms with Crippen LogP contribution in [0.5, 0.6) is 0 Å². The van der Waals surface area contributed by atoms with Crippen LogP contribution in [-0.2, 0) is 4.74 Å². The Balaban J connectivity index is 3.72. The molecule has 0 aliphatic rings. The number of hydrogen-bond donors (Lipinski definition) is 0. The fraction of sp³-hybridized carbons (Fsp3) is 0.214. The first-order valence-corrected chi connectivity index (χ1v) is 6.39. The molecule has 0 saturated heterocycles. The van der Waals surface area contributed by atoms with Gasteiger partial charge in [0.15, 0.2) is 5.69 Å². The number of ether oxygens (including phenoxy) is 1. The van der Waals surface area contributed by atoms with Gasteiger partial charge in [0.25, 0.3) is 0 Å². The molecule has 0 aliphatic heterocycles. The number of carbonyl (C=O) groups is 1. The smallest absolute Gasteiger partial charge is 0.338 e. The van der Waals surface area contributed by atoms with Crippen molar-refractivity contribution in [3.63, 3.8) is 0 Å². The number of nitrogens with zero attached hydrogens (tertiary/aromatic N) is 3. The third-order valence-electron chi connectivity index (χ3n) is 2.90. The van der Waals surface area contributed by atoms with Crippen LogP contribution in [0.1, 0.15) is 10.4 Å². The summed E-state index contributed by atoms with van der Waals surface area (Å²) >= 11 is 0. The summed E-state index contributed by atoms with van der Waals surface area (Å²) in [5.74, 6) is -0.901. The van der Waals surface area contributed by atoms with Crippen molar-refractivity contribution in [2.75, 3.05) is 25.1 Å². The molecule has 0 spiro atoms. The molecule has 0 aromatic heterocycles. The second-order valence-corrected chi connectivity index (χ2v) is 4.35. The van der Waals surface area contributed by atoms with E-state index in [-0.39, 0.29) is 24.3 Å². The number of hydrogen-bond acceptors (Lipinski definition) is 7. The highest BCUT2D eigenvalue weighted by Crippen LogP contribution is 2.39. The average molecular weight is 321 g/mol. The standard InChI is InChI=1S/C14H15N3O6/c1-4-6-15(7-5-2)13-11(16(19)20)8-10(14(18)23-3)9-12(13)17(21)22/h4-5,8-9H,1-2,6-7H2,3H3. The number of methoxy groups -OCH3 is 1. The molecule has 0 N–H and O–H groups in total. The first kappa shape index (κ1) is 17.8. The minimum atomic E-state index is -0.901. The number of esters is 1. The topological polar surface area (TPSA) is 116 Å². The van der Waals surface area contributed by atoms with Gasteiger partial charge in [-0.1, -0.05) is 12.2 Å². The van der Waals surface area contributed by atoms with Gasteiger partial charge in [-0.25, -0.2) is 4.79 Å². The maximum atomic E-state index is 11.6. The number of rotatable bonds is 8. The molecule has 0 bridgehead atoms. The Kier molecular flexibility index (Phi) is 5.95. The van der Waals surface area contributed by atoms with Crippen LogP contribution in [0.3, 0.4) is 0 Å². The molecule has 9 nitrogen and oxygen atoms in total. The van der Waals surface area contributed by atoms with Crippen LogP contribution in [0, 0.1) is 20.2 Å². The van der Waals surface area contributed by atoms with Gasteiger partial charge in [-0.2, -0.15) is 0 Å². The summed E-state index contributed by atoms with van der Waals surface area (Å²) < 4.78 is 4.47. The Bertz CT molecular complexity index is 625. The molecule has 1 aromatic rings. The SMILES string of the molecule is C=CCN(CC=C)c1c([N+](=O)[O-])cc(C(=O)OC)cc1[N+](=O)[O-]. The Morgan fingerprint density at radius 2 is 1.61 bits per heavy atom. The van der Waals surface area contributed by atoms with Gasteiger partial charge in [-0.05, 0) is 0 Å². The van der Waals surface area contributed by atoms with Crippen LogP contribution in [0.25, 0.3) is 0 Å². The molecule has 0 fully saturated rings. The van der Waals surface area contributed by atoms with Crippen molar-refractivity contribution in [3.05, 3.63) is 63.2 Å². The fourth-order valence-corrected chi connectivity index (χ4v) is 2.01. The van der Waals surface area contributed by atoms with Crippen molar-refractivity contribution in [2.45, 2.75) is 0 Å². The maximum absolute atomic E-state index is 11.6. The lowest BCUT2D eigenvalue weighted by Gasteiger charge is -2.21. The zero-order valence-electron chi connectivity index (χ0n) is 12.4. The predicted molar refractivity (Wildman–Crippen MR) is 83.7 cm³/mol. The summed E-state index contributed by atoms with van der Waals surface area (Å²) in [4.78, 5) is 34.0. The van der Waals surface area contributed by atoms with Gasteiger partial charge in [0, 0.05) is 25.2 Å². The largest absolute Gasteiger partial charge is 0.465 e. The molecule has 1 rings (SSSR count). The summed E-state index contributed by atoms with van der Waals surface area (Å²) in [6.07, 6.45) is 2.90. The monoisotopic (exact) mass is 321 g/mol. The van der Waals surface area contributed by atoms with Crippen LogP contribution >= 0.6 is 0 Å². The molecule has 0 aliphatic carbocycles. The van der Waals surface area contributed by atoms with E-state index in [1.807, 2.05) is 0 Å². The van der Waals surface area contributed by atoms with Crippen LogP contribution in [0.2, 0.25) is 0 Å². The van der Waals surface area contributed by atoms with E-state index in [9.17, 15) is 25.0 Å². The predicted octanol–water partition coefficient (Wildman–Crippen LogP) is 2.47. The van der Waals surface area contributed by atoms with Gasteiger partial charge >= 0.3 is 17.3 Å². The third-order valence-corrected chi connectivity index (χ3v) is 2.90. The number of carbonyl (C=O) groups excluding carboxylic acids is 1. The lowest BCUT2D eigenvalue weighted by molar-refractivity contribution is -0.392. The van der Waals surface area contributed by atoms with E-state index in [1.165, 1.54) is 17.1 Å². The molecular formula is C14H15N3O6. The van der Waals surface area contributed by atoms with E-state index in [2.05, 4.69) is 17.9 Å². The van der Waals surface area contributed by atoms with Crippen LogP contribution in [-0.4, -0.2) is 36.0 Å². The maximum Gasteiger partial charge on any atom is 0.338 e. The Morgan fingerprint density at radius 1 is 1.17 bits per heavy atom. The molecule has 0 unspecified atom stereocenters. The highest BCUT2D eigenvalue weighted by atomic mass is 16.6. The van der Waals surface area contributed by atoms with E-state index in [0.717, 1.165) is 19.2 Å². The van der Waals surface area contributed by atoms with Crippen LogP contribution in [0.4, 0.5) is 17.1 Å². The molecule has 0 saturated carbocycles. The van der Waals surface area contributed by atoms with Gasteiger partial charge in [0.2, 0.25) is 0 Å². The van der Waals surface area contributed by atoms with Crippen molar-refractivity contribution < 1.29 is 19.4 Å². The van der Waals surface area contributed by atoms with E-state index in [0.29, 0.717) is 0 Å². The molecule has 1 aromatic carbocycles. The van der Waals surface area contributed by atoms with Gasteiger partial charge in [0.1, 0.15) is 0 Å². The Morgan fingerprint density at radius 3 is 1.91 bits per heavy atom. The van der Waals surface area contributed by atoms with Crippen LogP contribution < -0.4 is 4.90 Å². The van der Waals surface area contributed by atoms with E-state index < -0.39 is 27.2 Å². The van der Waals surface area contributed by atoms with Gasteiger partial charge in [0.05, 0.1) is 22.5 Å². The lowest BCUT2D eigenvalue weighted by Crippen LogP contribution is -2.25. The molecule has 122 valence electrons. The fourth-order valence-electron chi connectivity index (χ4n) is 2.01. The summed E-state index contributed by atoms with van der Waals surface area (Å²) in [6.45, 7) is 7.31. The lowest BCUT2D eigenvalue weighted by atomic mass is 10.1. The zero-order chi connectivity index (χ0) is 17.6. The molecule has 9 heteroatoms. The van der Waals surface area contributed by atoms with E-state index in [1.54, 1.807) is 0 Å². The molecule has 0 atom stereocenters. The van der Waals surface area contributed by atoms with E-state index in [4.69, 9.17) is 0 Å². The summed E-state index contributed by atoms with van der Waals surface area (Å²) in [6, 6.07) is 1.90. The molecule has 0 radical (unpaired) electrons. The first-order valence-electron chi connectivity index (χ1n) is 6.39. The highest BCUT2D eigenvalue weighted by Gasteiger charge is 2.31. The van der Waals surface area contributed by atoms with Crippen molar-refractivity contribution in [1.29, 1.82) is 0 Å². The summed E-state index contributed by atoms with van der Waals surface area (Å²) in [5, 5.41) is 22.7. The van der Waals surface area contributed by atoms with Crippen molar-refractivity contribution in [2.24, 2.45) is 0 Å². The minimum absolute atomic E-state index is 0.130. The van der Waals surface area contributed by atoms with Crippen molar-refractivity contribution in [3.8, 4) is 0 Å². The number of nitro groups is 2. The summed E-state index contributed by atoms with van der Waals surface area (Å²) in [7, 11) is 1.08. The van der Waals surface area contributed by atoms with Gasteiger partial charge in [-0.15, -0.1) is 13.2 Å². The second-order valence-electron chi connectivity index (χ2n) is 4.35. The minimum Gasteiger partial charge on any atom is -0.465 e. The number of anilines is 1. The first-order chi connectivity index (χ1) is 10.9. The van der Waals surface area contributed by atoms with Gasteiger partial charge < -0.3 is 9.64 Å².